The number of benzene rings is 1. The quantitative estimate of drug-likeness (QED) is 0.851. The van der Waals surface area contributed by atoms with E-state index in [2.05, 4.69) is 5.32 Å². The molecule has 0 unspecified atom stereocenters. The van der Waals surface area contributed by atoms with Crippen molar-refractivity contribution in [2.75, 3.05) is 25.5 Å². The number of esters is 1. The first-order chi connectivity index (χ1) is 12.0. The number of hydrogen-bond donors (Lipinski definition) is 1. The van der Waals surface area contributed by atoms with Gasteiger partial charge in [-0.2, -0.15) is 0 Å². The Bertz CT molecular complexity index is 689. The average molecular weight is 344 g/mol. The number of likely N-dealkylation sites (tertiary alicyclic amines) is 1. The molecule has 0 bridgehead atoms. The maximum Gasteiger partial charge on any atom is 0.337 e. The fourth-order valence-electron chi connectivity index (χ4n) is 3.19. The van der Waals surface area contributed by atoms with Crippen LogP contribution in [0.15, 0.2) is 18.2 Å². The van der Waals surface area contributed by atoms with Crippen LogP contribution in [-0.2, 0) is 14.3 Å². The molecule has 25 heavy (non-hydrogen) atoms. The molecule has 1 aliphatic heterocycles. The molecule has 134 valence electrons. The predicted octanol–water partition coefficient (Wildman–Crippen LogP) is 2.37. The number of carbonyl (C=O) groups is 3. The molecule has 0 aromatic heterocycles. The van der Waals surface area contributed by atoms with E-state index in [0.29, 0.717) is 37.2 Å². The van der Waals surface area contributed by atoms with Crippen molar-refractivity contribution in [3.05, 3.63) is 29.3 Å². The van der Waals surface area contributed by atoms with Crippen molar-refractivity contribution < 1.29 is 19.1 Å². The molecule has 2 fully saturated rings. The molecule has 2 amide bonds. The molecule has 2 aliphatic rings. The minimum absolute atomic E-state index is 0.0522. The smallest absolute Gasteiger partial charge is 0.337 e. The lowest BCUT2D eigenvalue weighted by Gasteiger charge is -2.31. The third-order valence-corrected chi connectivity index (χ3v) is 5.02. The first-order valence-electron chi connectivity index (χ1n) is 8.78. The van der Waals surface area contributed by atoms with E-state index in [1.165, 1.54) is 7.11 Å². The second kappa shape index (κ2) is 7.25. The fraction of sp³-hybridized carbons (Fsp3) is 0.526. The lowest BCUT2D eigenvalue weighted by Crippen LogP contribution is -2.42. The lowest BCUT2D eigenvalue weighted by atomic mass is 9.95. The monoisotopic (exact) mass is 344 g/mol. The summed E-state index contributed by atoms with van der Waals surface area (Å²) in [5.74, 6) is -0.106. The highest BCUT2D eigenvalue weighted by molar-refractivity contribution is 5.96. The van der Waals surface area contributed by atoms with Gasteiger partial charge in [-0.05, 0) is 50.3 Å². The summed E-state index contributed by atoms with van der Waals surface area (Å²) in [6.07, 6.45) is 3.38. The Morgan fingerprint density at radius 3 is 2.36 bits per heavy atom. The second-order valence-electron chi connectivity index (χ2n) is 6.88. The molecule has 6 nitrogen and oxygen atoms in total. The Kier molecular flexibility index (Phi) is 5.06. The SMILES string of the molecule is COC(=O)c1ccc(C)c(NC(=O)C2CCN(C(=O)C3CC3)CC2)c1. The number of carbonyl (C=O) groups excluding carboxylic acids is 3. The zero-order chi connectivity index (χ0) is 18.0. The van der Waals surface area contributed by atoms with Gasteiger partial charge in [-0.1, -0.05) is 6.07 Å². The number of aryl methyl sites for hydroxylation is 1. The molecular weight excluding hydrogens is 320 g/mol. The lowest BCUT2D eigenvalue weighted by molar-refractivity contribution is -0.135. The Hall–Kier alpha value is -2.37. The molecule has 1 heterocycles. The van der Waals surface area contributed by atoms with Crippen molar-refractivity contribution in [1.29, 1.82) is 0 Å². The van der Waals surface area contributed by atoms with E-state index in [9.17, 15) is 14.4 Å². The Balaban J connectivity index is 1.59. The van der Waals surface area contributed by atoms with Gasteiger partial charge in [-0.15, -0.1) is 0 Å². The summed E-state index contributed by atoms with van der Waals surface area (Å²) in [5.41, 5.74) is 1.93. The van der Waals surface area contributed by atoms with Gasteiger partial charge in [0.05, 0.1) is 12.7 Å². The molecule has 0 spiro atoms. The maximum atomic E-state index is 12.6. The molecule has 1 N–H and O–H groups in total. The number of nitrogens with zero attached hydrogens (tertiary/aromatic N) is 1. The zero-order valence-electron chi connectivity index (χ0n) is 14.7. The molecule has 1 aromatic carbocycles. The van der Waals surface area contributed by atoms with Crippen molar-refractivity contribution in [1.82, 2.24) is 4.90 Å². The Morgan fingerprint density at radius 1 is 1.08 bits per heavy atom. The number of piperidine rings is 1. The van der Waals surface area contributed by atoms with Crippen LogP contribution in [0.3, 0.4) is 0 Å². The highest BCUT2D eigenvalue weighted by Gasteiger charge is 2.36. The Labute approximate surface area is 147 Å². The van der Waals surface area contributed by atoms with Gasteiger partial charge in [0, 0.05) is 30.6 Å². The summed E-state index contributed by atoms with van der Waals surface area (Å²) in [6, 6.07) is 5.11. The molecule has 0 radical (unpaired) electrons. The van der Waals surface area contributed by atoms with Crippen LogP contribution in [0.25, 0.3) is 0 Å². The molecule has 1 saturated carbocycles. The number of methoxy groups -OCH3 is 1. The van der Waals surface area contributed by atoms with Gasteiger partial charge in [0.15, 0.2) is 0 Å². The minimum atomic E-state index is -0.428. The molecule has 1 aliphatic carbocycles. The van der Waals surface area contributed by atoms with E-state index in [1.54, 1.807) is 18.2 Å². The van der Waals surface area contributed by atoms with Gasteiger partial charge in [0.1, 0.15) is 0 Å². The standard InChI is InChI=1S/C19H24N2O4/c1-12-3-4-15(19(24)25-2)11-16(12)20-17(22)13-7-9-21(10-8-13)18(23)14-5-6-14/h3-4,11,13-14H,5-10H2,1-2H3,(H,20,22). The van der Waals surface area contributed by atoms with E-state index in [4.69, 9.17) is 4.74 Å². The number of hydrogen-bond acceptors (Lipinski definition) is 4. The maximum absolute atomic E-state index is 12.6. The molecule has 6 heteroatoms. The molecule has 3 rings (SSSR count). The number of anilines is 1. The van der Waals surface area contributed by atoms with Crippen LogP contribution in [0.1, 0.15) is 41.6 Å². The number of ether oxygens (including phenoxy) is 1. The third-order valence-electron chi connectivity index (χ3n) is 5.02. The zero-order valence-corrected chi connectivity index (χ0v) is 14.7. The van der Waals surface area contributed by atoms with Gasteiger partial charge in [0.25, 0.3) is 0 Å². The summed E-state index contributed by atoms with van der Waals surface area (Å²) in [7, 11) is 1.33. The largest absolute Gasteiger partial charge is 0.465 e. The van der Waals surface area contributed by atoms with E-state index >= 15 is 0 Å². The molecule has 0 atom stereocenters. The van der Waals surface area contributed by atoms with Gasteiger partial charge in [-0.3, -0.25) is 9.59 Å². The molecule has 1 saturated heterocycles. The van der Waals surface area contributed by atoms with Crippen molar-refractivity contribution in [2.45, 2.75) is 32.6 Å². The number of nitrogens with one attached hydrogen (secondary N) is 1. The van der Waals surface area contributed by atoms with Gasteiger partial charge in [0.2, 0.25) is 11.8 Å². The fourth-order valence-corrected chi connectivity index (χ4v) is 3.19. The van der Waals surface area contributed by atoms with Crippen LogP contribution in [0.4, 0.5) is 5.69 Å². The van der Waals surface area contributed by atoms with Gasteiger partial charge < -0.3 is 15.0 Å². The van der Waals surface area contributed by atoms with Crippen molar-refractivity contribution in [3.8, 4) is 0 Å². The summed E-state index contributed by atoms with van der Waals surface area (Å²) in [4.78, 5) is 38.2. The van der Waals surface area contributed by atoms with E-state index in [-0.39, 0.29) is 23.7 Å². The average Bonchev–Trinajstić information content (AvgIpc) is 3.47. The van der Waals surface area contributed by atoms with Crippen LogP contribution in [0.2, 0.25) is 0 Å². The van der Waals surface area contributed by atoms with Crippen LogP contribution in [-0.4, -0.2) is 42.9 Å². The van der Waals surface area contributed by atoms with Crippen molar-refractivity contribution >= 4 is 23.5 Å². The summed E-state index contributed by atoms with van der Waals surface area (Å²) in [5, 5.41) is 2.93. The summed E-state index contributed by atoms with van der Waals surface area (Å²) >= 11 is 0. The Morgan fingerprint density at radius 2 is 1.76 bits per heavy atom. The van der Waals surface area contributed by atoms with Gasteiger partial charge >= 0.3 is 5.97 Å². The van der Waals surface area contributed by atoms with Crippen molar-refractivity contribution in [2.24, 2.45) is 11.8 Å². The van der Waals surface area contributed by atoms with Gasteiger partial charge in [-0.25, -0.2) is 4.79 Å². The first-order valence-corrected chi connectivity index (χ1v) is 8.78. The van der Waals surface area contributed by atoms with E-state index in [1.807, 2.05) is 11.8 Å². The van der Waals surface area contributed by atoms with E-state index in [0.717, 1.165) is 18.4 Å². The number of amides is 2. The third kappa shape index (κ3) is 4.00. The van der Waals surface area contributed by atoms with Crippen LogP contribution >= 0.6 is 0 Å². The van der Waals surface area contributed by atoms with Crippen LogP contribution in [0.5, 0.6) is 0 Å². The molecular formula is C19H24N2O4. The van der Waals surface area contributed by atoms with Crippen molar-refractivity contribution in [3.63, 3.8) is 0 Å². The normalized spacial score (nSPS) is 17.9. The number of rotatable bonds is 4. The highest BCUT2D eigenvalue weighted by atomic mass is 16.5. The predicted molar refractivity (Wildman–Crippen MR) is 93.2 cm³/mol. The highest BCUT2D eigenvalue weighted by Crippen LogP contribution is 2.32. The summed E-state index contributed by atoms with van der Waals surface area (Å²) < 4.78 is 4.72. The van der Waals surface area contributed by atoms with Crippen LogP contribution in [0, 0.1) is 18.8 Å². The topological polar surface area (TPSA) is 75.7 Å². The van der Waals surface area contributed by atoms with Crippen LogP contribution < -0.4 is 5.32 Å². The first kappa shape index (κ1) is 17.5. The van der Waals surface area contributed by atoms with E-state index < -0.39 is 5.97 Å². The minimum Gasteiger partial charge on any atom is -0.465 e. The molecule has 1 aromatic rings. The second-order valence-corrected chi connectivity index (χ2v) is 6.88. The summed E-state index contributed by atoms with van der Waals surface area (Å²) in [6.45, 7) is 3.18.